The first-order chi connectivity index (χ1) is 11.4. The number of nitrogens with two attached hydrogens (primary N) is 1. The van der Waals surface area contributed by atoms with Gasteiger partial charge in [-0.05, 0) is 25.7 Å². The highest BCUT2D eigenvalue weighted by Crippen LogP contribution is 2.27. The number of esters is 1. The van der Waals surface area contributed by atoms with E-state index >= 15 is 0 Å². The van der Waals surface area contributed by atoms with Crippen molar-refractivity contribution in [3.63, 3.8) is 0 Å². The van der Waals surface area contributed by atoms with Gasteiger partial charge in [-0.2, -0.15) is 0 Å². The predicted octanol–water partition coefficient (Wildman–Crippen LogP) is 1.95. The average molecular weight is 340 g/mol. The number of hydrogen-bond acceptors (Lipinski definition) is 5. The molecule has 1 aliphatic heterocycles. The van der Waals surface area contributed by atoms with Gasteiger partial charge >= 0.3 is 5.97 Å². The van der Waals surface area contributed by atoms with Crippen molar-refractivity contribution in [2.24, 2.45) is 17.6 Å². The predicted molar refractivity (Wildman–Crippen MR) is 92.2 cm³/mol. The largest absolute Gasteiger partial charge is 0.467 e. The molecule has 6 nitrogen and oxygen atoms in total. The molecule has 1 saturated heterocycles. The van der Waals surface area contributed by atoms with E-state index in [1.54, 1.807) is 6.92 Å². The Bertz CT molecular complexity index is 452. The van der Waals surface area contributed by atoms with E-state index in [1.165, 1.54) is 7.11 Å². The number of carbonyl (C=O) groups excluding carboxylic acids is 3. The second-order valence-electron chi connectivity index (χ2n) is 6.91. The van der Waals surface area contributed by atoms with Crippen LogP contribution in [0.15, 0.2) is 0 Å². The summed E-state index contributed by atoms with van der Waals surface area (Å²) in [6, 6.07) is 0. The van der Waals surface area contributed by atoms with E-state index in [9.17, 15) is 14.4 Å². The number of ketones is 1. The quantitative estimate of drug-likeness (QED) is 0.360. The Morgan fingerprint density at radius 3 is 2.67 bits per heavy atom. The Morgan fingerprint density at radius 1 is 1.38 bits per heavy atom. The highest BCUT2D eigenvalue weighted by atomic mass is 16.5. The van der Waals surface area contributed by atoms with Gasteiger partial charge in [0.15, 0.2) is 11.3 Å². The first-order valence-corrected chi connectivity index (χ1v) is 9.06. The van der Waals surface area contributed by atoms with Gasteiger partial charge in [0.25, 0.3) is 0 Å². The smallest absolute Gasteiger partial charge is 0.333 e. The number of amides is 1. The van der Waals surface area contributed by atoms with Crippen LogP contribution in [0.4, 0.5) is 0 Å². The molecule has 0 aromatic carbocycles. The molecule has 1 heterocycles. The van der Waals surface area contributed by atoms with E-state index in [4.69, 9.17) is 10.5 Å². The molecule has 3 atom stereocenters. The zero-order valence-electron chi connectivity index (χ0n) is 15.2. The van der Waals surface area contributed by atoms with Gasteiger partial charge in [0.05, 0.1) is 7.11 Å². The molecule has 0 aromatic rings. The van der Waals surface area contributed by atoms with Crippen LogP contribution in [0.1, 0.15) is 65.2 Å². The highest BCUT2D eigenvalue weighted by molar-refractivity contribution is 6.09. The average Bonchev–Trinajstić information content (AvgIpc) is 2.58. The highest BCUT2D eigenvalue weighted by Gasteiger charge is 2.47. The number of piperidine rings is 1. The van der Waals surface area contributed by atoms with Gasteiger partial charge in [-0.1, -0.05) is 39.5 Å². The number of unbranched alkanes of at least 4 members (excludes halogenated alkanes) is 3. The zero-order valence-corrected chi connectivity index (χ0v) is 15.2. The topological polar surface area (TPSA) is 98.5 Å². The molecule has 0 saturated carbocycles. The Hall–Kier alpha value is -1.43. The Balaban J connectivity index is 2.79. The molecule has 0 aromatic heterocycles. The van der Waals surface area contributed by atoms with Gasteiger partial charge in [0, 0.05) is 18.4 Å². The molecule has 0 spiro atoms. The standard InChI is InChI=1S/C18H32N2O4/c1-4-5-6-7-9-13(2)15(21)18(19,17(23)24-3)12-14-10-8-11-20-16(14)22/h13-14H,4-12,19H2,1-3H3,(H,20,22)/t13?,14-,18?/m0/s1. The number of hydrogen-bond donors (Lipinski definition) is 2. The Kier molecular flexibility index (Phi) is 8.39. The van der Waals surface area contributed by atoms with Gasteiger partial charge in [0.2, 0.25) is 5.91 Å². The van der Waals surface area contributed by atoms with Gasteiger partial charge in [0.1, 0.15) is 0 Å². The monoisotopic (exact) mass is 340 g/mol. The van der Waals surface area contributed by atoms with Crippen LogP contribution < -0.4 is 11.1 Å². The summed E-state index contributed by atoms with van der Waals surface area (Å²) in [7, 11) is 1.23. The fourth-order valence-electron chi connectivity index (χ4n) is 3.33. The molecular formula is C18H32N2O4. The van der Waals surface area contributed by atoms with Crippen LogP contribution in [0.3, 0.4) is 0 Å². The molecular weight excluding hydrogens is 308 g/mol. The third-order valence-electron chi connectivity index (χ3n) is 4.90. The summed E-state index contributed by atoms with van der Waals surface area (Å²) >= 11 is 0. The number of nitrogens with one attached hydrogen (secondary N) is 1. The molecule has 24 heavy (non-hydrogen) atoms. The summed E-state index contributed by atoms with van der Waals surface area (Å²) in [6.45, 7) is 4.57. The van der Waals surface area contributed by atoms with Gasteiger partial charge < -0.3 is 15.8 Å². The third-order valence-corrected chi connectivity index (χ3v) is 4.90. The molecule has 3 N–H and O–H groups in total. The molecule has 1 aliphatic rings. The lowest BCUT2D eigenvalue weighted by Gasteiger charge is -2.32. The van der Waals surface area contributed by atoms with Crippen molar-refractivity contribution < 1.29 is 19.1 Å². The molecule has 1 fully saturated rings. The van der Waals surface area contributed by atoms with E-state index in [-0.39, 0.29) is 24.0 Å². The number of rotatable bonds is 10. The molecule has 1 rings (SSSR count). The maximum atomic E-state index is 12.9. The first kappa shape index (κ1) is 20.6. The minimum absolute atomic E-state index is 0.0175. The van der Waals surface area contributed by atoms with Crippen LogP contribution in [0.25, 0.3) is 0 Å². The van der Waals surface area contributed by atoms with Crippen molar-refractivity contribution >= 4 is 17.7 Å². The van der Waals surface area contributed by atoms with Crippen LogP contribution in [-0.4, -0.2) is 36.9 Å². The summed E-state index contributed by atoms with van der Waals surface area (Å²) in [4.78, 5) is 37.1. The lowest BCUT2D eigenvalue weighted by atomic mass is 9.77. The number of carbonyl (C=O) groups is 3. The van der Waals surface area contributed by atoms with E-state index in [1.807, 2.05) is 0 Å². The Morgan fingerprint density at radius 2 is 2.08 bits per heavy atom. The van der Waals surface area contributed by atoms with Crippen molar-refractivity contribution in [1.29, 1.82) is 0 Å². The summed E-state index contributed by atoms with van der Waals surface area (Å²) in [5, 5.41) is 2.77. The van der Waals surface area contributed by atoms with Crippen molar-refractivity contribution in [3.05, 3.63) is 0 Å². The SMILES string of the molecule is CCCCCCC(C)C(=O)C(N)(C[C@@H]1CCCNC1=O)C(=O)OC. The lowest BCUT2D eigenvalue weighted by molar-refractivity contribution is -0.154. The maximum Gasteiger partial charge on any atom is 0.333 e. The van der Waals surface area contributed by atoms with Crippen LogP contribution >= 0.6 is 0 Å². The molecule has 0 aliphatic carbocycles. The fraction of sp³-hybridized carbons (Fsp3) is 0.833. The van der Waals surface area contributed by atoms with Crippen LogP contribution in [0.5, 0.6) is 0 Å². The van der Waals surface area contributed by atoms with E-state index < -0.39 is 17.4 Å². The van der Waals surface area contributed by atoms with Crippen LogP contribution in [-0.2, 0) is 19.1 Å². The van der Waals surface area contributed by atoms with Gasteiger partial charge in [-0.25, -0.2) is 4.79 Å². The van der Waals surface area contributed by atoms with Crippen molar-refractivity contribution in [2.45, 2.75) is 70.8 Å². The zero-order chi connectivity index (χ0) is 18.2. The number of ether oxygens (including phenoxy) is 1. The summed E-state index contributed by atoms with van der Waals surface area (Å²) in [5.41, 5.74) is 4.48. The molecule has 138 valence electrons. The number of Topliss-reactive ketones (excluding diaryl/α,β-unsaturated/α-hetero) is 1. The molecule has 0 radical (unpaired) electrons. The van der Waals surface area contributed by atoms with Gasteiger partial charge in [-0.3, -0.25) is 9.59 Å². The minimum atomic E-state index is -1.74. The normalized spacial score (nSPS) is 21.5. The summed E-state index contributed by atoms with van der Waals surface area (Å²) in [5.74, 6) is -1.93. The van der Waals surface area contributed by atoms with E-state index in [0.29, 0.717) is 19.4 Å². The van der Waals surface area contributed by atoms with E-state index in [2.05, 4.69) is 12.2 Å². The Labute approximate surface area is 144 Å². The fourth-order valence-corrected chi connectivity index (χ4v) is 3.33. The molecule has 0 bridgehead atoms. The van der Waals surface area contributed by atoms with Crippen molar-refractivity contribution in [1.82, 2.24) is 5.32 Å². The number of methoxy groups -OCH3 is 1. The molecule has 1 amide bonds. The summed E-state index contributed by atoms with van der Waals surface area (Å²) in [6.07, 6.45) is 6.44. The van der Waals surface area contributed by atoms with E-state index in [0.717, 1.165) is 32.1 Å². The second kappa shape index (κ2) is 9.77. The lowest BCUT2D eigenvalue weighted by Crippen LogP contribution is -2.59. The van der Waals surface area contributed by atoms with Gasteiger partial charge in [-0.15, -0.1) is 0 Å². The maximum absolute atomic E-state index is 12.9. The first-order valence-electron chi connectivity index (χ1n) is 9.06. The van der Waals surface area contributed by atoms with Crippen molar-refractivity contribution in [2.75, 3.05) is 13.7 Å². The third kappa shape index (κ3) is 5.30. The van der Waals surface area contributed by atoms with Crippen LogP contribution in [0, 0.1) is 11.8 Å². The minimum Gasteiger partial charge on any atom is -0.467 e. The van der Waals surface area contributed by atoms with Crippen LogP contribution in [0.2, 0.25) is 0 Å². The summed E-state index contributed by atoms with van der Waals surface area (Å²) < 4.78 is 4.79. The van der Waals surface area contributed by atoms with Crippen molar-refractivity contribution in [3.8, 4) is 0 Å². The second-order valence-corrected chi connectivity index (χ2v) is 6.91. The molecule has 2 unspecified atom stereocenters. The molecule has 6 heteroatoms.